The third-order valence-electron chi connectivity index (χ3n) is 3.28. The molecule has 0 radical (unpaired) electrons. The zero-order valence-corrected chi connectivity index (χ0v) is 11.8. The van der Waals surface area contributed by atoms with Gasteiger partial charge in [0.05, 0.1) is 12.8 Å². The summed E-state index contributed by atoms with van der Waals surface area (Å²) in [6.07, 6.45) is -0.946. The van der Waals surface area contributed by atoms with Gasteiger partial charge in [0.1, 0.15) is 23.0 Å². The SMILES string of the molecule is CC1(C)O[C@@H]2[C@H](O1)[C@H](CO)O[C@@H]2n1ncc(=S)[nH]c1=O. The van der Waals surface area contributed by atoms with Gasteiger partial charge in [-0.05, 0) is 13.8 Å². The molecule has 2 saturated heterocycles. The van der Waals surface area contributed by atoms with Crippen LogP contribution in [0.25, 0.3) is 0 Å². The van der Waals surface area contributed by atoms with Gasteiger partial charge in [0, 0.05) is 0 Å². The van der Waals surface area contributed by atoms with Gasteiger partial charge in [-0.25, -0.2) is 4.79 Å². The van der Waals surface area contributed by atoms with Gasteiger partial charge in [-0.1, -0.05) is 12.2 Å². The summed E-state index contributed by atoms with van der Waals surface area (Å²) < 4.78 is 18.5. The summed E-state index contributed by atoms with van der Waals surface area (Å²) in [5, 5.41) is 13.3. The molecule has 0 aliphatic carbocycles. The molecular formula is C11H15N3O5S. The van der Waals surface area contributed by atoms with Crippen molar-refractivity contribution in [2.45, 2.75) is 44.2 Å². The summed E-state index contributed by atoms with van der Waals surface area (Å²) in [7, 11) is 0. The van der Waals surface area contributed by atoms with Crippen LogP contribution in [0.3, 0.4) is 0 Å². The molecule has 1 aromatic rings. The molecule has 0 aromatic carbocycles. The second kappa shape index (κ2) is 4.71. The molecule has 2 fully saturated rings. The molecule has 9 heteroatoms. The maximum atomic E-state index is 11.9. The summed E-state index contributed by atoms with van der Waals surface area (Å²) in [4.78, 5) is 14.4. The van der Waals surface area contributed by atoms with Crippen LogP contribution in [0.1, 0.15) is 20.1 Å². The van der Waals surface area contributed by atoms with E-state index in [4.69, 9.17) is 26.4 Å². The fraction of sp³-hybridized carbons (Fsp3) is 0.727. The Morgan fingerprint density at radius 1 is 1.50 bits per heavy atom. The van der Waals surface area contributed by atoms with Crippen LogP contribution in [0.2, 0.25) is 0 Å². The van der Waals surface area contributed by atoms with E-state index >= 15 is 0 Å². The number of aliphatic hydroxyl groups is 1. The Morgan fingerprint density at radius 2 is 2.20 bits per heavy atom. The summed E-state index contributed by atoms with van der Waals surface area (Å²) in [5.74, 6) is -0.796. The number of aliphatic hydroxyl groups excluding tert-OH is 1. The summed E-state index contributed by atoms with van der Waals surface area (Å²) in [6.45, 7) is 3.31. The average molecular weight is 301 g/mol. The first-order valence-electron chi connectivity index (χ1n) is 6.21. The van der Waals surface area contributed by atoms with E-state index in [9.17, 15) is 9.90 Å². The smallest absolute Gasteiger partial charge is 0.345 e. The van der Waals surface area contributed by atoms with E-state index in [1.807, 2.05) is 0 Å². The molecule has 110 valence electrons. The molecular weight excluding hydrogens is 286 g/mol. The van der Waals surface area contributed by atoms with Crippen molar-refractivity contribution in [2.24, 2.45) is 0 Å². The van der Waals surface area contributed by atoms with Crippen LogP contribution in [-0.4, -0.2) is 50.6 Å². The maximum absolute atomic E-state index is 11.9. The highest BCUT2D eigenvalue weighted by molar-refractivity contribution is 7.71. The molecule has 2 aliphatic rings. The highest BCUT2D eigenvalue weighted by atomic mass is 32.1. The minimum Gasteiger partial charge on any atom is -0.394 e. The molecule has 3 heterocycles. The first-order chi connectivity index (χ1) is 9.41. The van der Waals surface area contributed by atoms with E-state index in [1.165, 1.54) is 6.20 Å². The Kier molecular flexibility index (Phi) is 3.26. The van der Waals surface area contributed by atoms with Crippen molar-refractivity contribution in [2.75, 3.05) is 6.61 Å². The van der Waals surface area contributed by atoms with Crippen LogP contribution >= 0.6 is 12.2 Å². The van der Waals surface area contributed by atoms with Crippen LogP contribution in [0.4, 0.5) is 0 Å². The predicted octanol–water partition coefficient (Wildman–Crippen LogP) is -0.289. The van der Waals surface area contributed by atoms with Gasteiger partial charge in [0.25, 0.3) is 0 Å². The van der Waals surface area contributed by atoms with Gasteiger partial charge < -0.3 is 19.3 Å². The highest BCUT2D eigenvalue weighted by Gasteiger charge is 2.56. The van der Waals surface area contributed by atoms with Crippen molar-refractivity contribution < 1.29 is 19.3 Å². The Balaban J connectivity index is 1.98. The van der Waals surface area contributed by atoms with Crippen LogP contribution in [0.15, 0.2) is 11.0 Å². The van der Waals surface area contributed by atoms with Crippen LogP contribution in [0, 0.1) is 4.64 Å². The van der Waals surface area contributed by atoms with Crippen LogP contribution < -0.4 is 5.69 Å². The lowest BCUT2D eigenvalue weighted by Gasteiger charge is -2.23. The van der Waals surface area contributed by atoms with E-state index in [-0.39, 0.29) is 11.2 Å². The van der Waals surface area contributed by atoms with Gasteiger partial charge >= 0.3 is 5.69 Å². The monoisotopic (exact) mass is 301 g/mol. The molecule has 0 saturated carbocycles. The average Bonchev–Trinajstić information content (AvgIpc) is 2.83. The lowest BCUT2D eigenvalue weighted by Crippen LogP contribution is -2.36. The van der Waals surface area contributed by atoms with E-state index < -0.39 is 36.0 Å². The van der Waals surface area contributed by atoms with Gasteiger partial charge in [0.2, 0.25) is 0 Å². The van der Waals surface area contributed by atoms with Crippen LogP contribution in [-0.2, 0) is 14.2 Å². The summed E-state index contributed by atoms with van der Waals surface area (Å²) in [5.41, 5.74) is -0.492. The fourth-order valence-electron chi connectivity index (χ4n) is 2.55. The molecule has 8 nitrogen and oxygen atoms in total. The molecule has 2 N–H and O–H groups in total. The normalized spacial score (nSPS) is 35.1. The number of nitrogens with one attached hydrogen (secondary N) is 1. The van der Waals surface area contributed by atoms with E-state index in [0.717, 1.165) is 4.68 Å². The fourth-order valence-corrected chi connectivity index (χ4v) is 2.68. The van der Waals surface area contributed by atoms with Gasteiger partial charge in [-0.2, -0.15) is 9.78 Å². The Labute approximate surface area is 119 Å². The molecule has 1 aromatic heterocycles. The van der Waals surface area contributed by atoms with E-state index in [0.29, 0.717) is 0 Å². The lowest BCUT2D eigenvalue weighted by atomic mass is 10.1. The molecule has 3 rings (SSSR count). The predicted molar refractivity (Wildman–Crippen MR) is 68.5 cm³/mol. The first-order valence-corrected chi connectivity index (χ1v) is 6.62. The number of hydrogen-bond acceptors (Lipinski definition) is 7. The third kappa shape index (κ3) is 2.21. The third-order valence-corrected chi connectivity index (χ3v) is 3.49. The number of hydrogen-bond donors (Lipinski definition) is 2. The molecule has 4 atom stereocenters. The first kappa shape index (κ1) is 13.8. The lowest BCUT2D eigenvalue weighted by molar-refractivity contribution is -0.202. The largest absolute Gasteiger partial charge is 0.394 e. The zero-order chi connectivity index (χ0) is 14.5. The number of rotatable bonds is 2. The number of aromatic amines is 1. The molecule has 20 heavy (non-hydrogen) atoms. The van der Waals surface area contributed by atoms with Crippen LogP contribution in [0.5, 0.6) is 0 Å². The molecule has 0 spiro atoms. The van der Waals surface area contributed by atoms with Crippen molar-refractivity contribution in [1.29, 1.82) is 0 Å². The number of nitrogens with zero attached hydrogens (tertiary/aromatic N) is 2. The van der Waals surface area contributed by atoms with Crippen molar-refractivity contribution in [1.82, 2.24) is 14.8 Å². The Hall–Kier alpha value is -1.13. The minimum atomic E-state index is -0.796. The molecule has 0 bridgehead atoms. The Morgan fingerprint density at radius 3 is 2.85 bits per heavy atom. The van der Waals surface area contributed by atoms with Gasteiger partial charge in [-0.15, -0.1) is 0 Å². The number of H-pyrrole nitrogens is 1. The van der Waals surface area contributed by atoms with Gasteiger partial charge in [0.15, 0.2) is 12.0 Å². The van der Waals surface area contributed by atoms with Crippen molar-refractivity contribution in [3.05, 3.63) is 21.3 Å². The maximum Gasteiger partial charge on any atom is 0.345 e. The molecule has 0 amide bonds. The van der Waals surface area contributed by atoms with Gasteiger partial charge in [-0.3, -0.25) is 4.98 Å². The zero-order valence-electron chi connectivity index (χ0n) is 11.0. The minimum absolute atomic E-state index is 0.227. The highest BCUT2D eigenvalue weighted by Crippen LogP contribution is 2.42. The molecule has 2 aliphatic heterocycles. The number of ether oxygens (including phenoxy) is 3. The standard InChI is InChI=1S/C11H15N3O5S/c1-11(2)18-7-5(4-15)17-9(8(7)19-11)14-10(16)13-6(20)3-12-14/h3,5,7-9,15H,4H2,1-2H3,(H,13,16,20)/t5-,7+,8+,9-/m0/s1. The van der Waals surface area contributed by atoms with E-state index in [2.05, 4.69) is 10.1 Å². The van der Waals surface area contributed by atoms with E-state index in [1.54, 1.807) is 13.8 Å². The Bertz CT molecular complexity index is 627. The molecule has 0 unspecified atom stereocenters. The topological polar surface area (TPSA) is 98.6 Å². The second-order valence-electron chi connectivity index (χ2n) is 5.20. The second-order valence-corrected chi connectivity index (χ2v) is 5.64. The summed E-state index contributed by atoms with van der Waals surface area (Å²) >= 11 is 4.84. The number of fused-ring (bicyclic) bond motifs is 1. The summed E-state index contributed by atoms with van der Waals surface area (Å²) in [6, 6.07) is 0. The van der Waals surface area contributed by atoms with Crippen molar-refractivity contribution in [3.63, 3.8) is 0 Å². The number of aromatic nitrogens is 3. The van der Waals surface area contributed by atoms with Crippen molar-refractivity contribution >= 4 is 12.2 Å². The van der Waals surface area contributed by atoms with Crippen molar-refractivity contribution in [3.8, 4) is 0 Å². The quantitative estimate of drug-likeness (QED) is 0.724.